The highest BCUT2D eigenvalue weighted by atomic mass is 32.1. The van der Waals surface area contributed by atoms with Crippen molar-refractivity contribution in [2.24, 2.45) is 5.41 Å². The zero-order chi connectivity index (χ0) is 61.6. The SMILES string of the molecule is Cc1cc(C)c2c(c1)C(CCc1ccc(C(C)(C)C)cc1-c1ccccc1)c1cc3c(cc1B2c1ccc(CCC2c4ccc(C(C)(C)C)cc4C4(C)CCCCC24C)cc1C(C)c1cccc2sc4ccccc4c12)C(C)(C)c1ccccc1C3(C)C. The molecule has 0 N–H and O–H groups in total. The highest BCUT2D eigenvalue weighted by Gasteiger charge is 2.58. The van der Waals surface area contributed by atoms with Gasteiger partial charge in [0.2, 0.25) is 6.71 Å². The van der Waals surface area contributed by atoms with Crippen molar-refractivity contribution in [1.82, 2.24) is 0 Å². The van der Waals surface area contributed by atoms with Crippen LogP contribution < -0.4 is 16.4 Å². The van der Waals surface area contributed by atoms with Gasteiger partial charge in [0.15, 0.2) is 0 Å². The van der Waals surface area contributed by atoms with Gasteiger partial charge in [0.05, 0.1) is 0 Å². The quantitative estimate of drug-likeness (QED) is 0.120. The molecule has 3 aliphatic carbocycles. The van der Waals surface area contributed by atoms with E-state index in [1.165, 1.54) is 151 Å². The lowest BCUT2D eigenvalue weighted by Crippen LogP contribution is -2.60. The van der Waals surface area contributed by atoms with Gasteiger partial charge in [0.25, 0.3) is 0 Å². The first-order chi connectivity index (χ1) is 41.9. The molecule has 1 aliphatic heterocycles. The standard InChI is InChI=1S/C86H93BS/c1-53-46-54(2)80-68(47-53)62(40-37-58-36-38-59(81(4,5)6)49-66(58)57-26-17-16-18-27-57)67-51-73-74(84(12,13)71-31-21-20-30-70(71)83(73,10)11)52-76(67)87(80)75-43-35-56(48-65(75)55(3)61-29-25-33-78-79(61)64-28-19-22-32-77(64)88-78)34-42-69-63-41-39-60(82(7,8)9)50-72(63)86(15)45-24-23-44-85(69,86)14/h16-22,25-33,35-36,38-39,41,43,46-52,55,62,69H,23-24,34,37,40,42,44-45H2,1-15H3. The second-order valence-electron chi connectivity index (χ2n) is 31.5. The van der Waals surface area contributed by atoms with E-state index in [1.54, 1.807) is 11.1 Å². The Bertz CT molecular complexity index is 4400. The maximum Gasteiger partial charge on any atom is 0.242 e. The van der Waals surface area contributed by atoms with Crippen molar-refractivity contribution in [2.75, 3.05) is 0 Å². The van der Waals surface area contributed by atoms with E-state index in [0.29, 0.717) is 5.92 Å². The minimum absolute atomic E-state index is 0.0275. The van der Waals surface area contributed by atoms with Crippen molar-refractivity contribution < 1.29 is 0 Å². The molecule has 2 heteroatoms. The Morgan fingerprint density at radius 2 is 1.18 bits per heavy atom. The fraction of sp³-hybridized carbons (Fsp3) is 0.372. The van der Waals surface area contributed by atoms with Crippen molar-refractivity contribution in [3.05, 3.63) is 265 Å². The predicted octanol–water partition coefficient (Wildman–Crippen LogP) is 21.2. The number of benzene rings is 9. The third-order valence-electron chi connectivity index (χ3n) is 23.6. The van der Waals surface area contributed by atoms with Gasteiger partial charge in [-0.1, -0.05) is 294 Å². The highest BCUT2D eigenvalue weighted by Crippen LogP contribution is 2.66. The molecule has 1 saturated carbocycles. The summed E-state index contributed by atoms with van der Waals surface area (Å²) in [6, 6.07) is 70.7. The molecule has 0 saturated heterocycles. The van der Waals surface area contributed by atoms with E-state index in [4.69, 9.17) is 0 Å². The summed E-state index contributed by atoms with van der Waals surface area (Å²) in [5.41, 5.74) is 30.9. The molecule has 0 radical (unpaired) electrons. The van der Waals surface area contributed by atoms with Crippen LogP contribution in [0, 0.1) is 19.3 Å². The summed E-state index contributed by atoms with van der Waals surface area (Å²) in [4.78, 5) is 0. The van der Waals surface area contributed by atoms with E-state index < -0.39 is 0 Å². The zero-order valence-electron chi connectivity index (χ0n) is 55.6. The second-order valence-corrected chi connectivity index (χ2v) is 32.6. The van der Waals surface area contributed by atoms with Crippen LogP contribution in [0.1, 0.15) is 235 Å². The molecule has 14 rings (SSSR count). The highest BCUT2D eigenvalue weighted by molar-refractivity contribution is 7.25. The van der Waals surface area contributed by atoms with Gasteiger partial charge >= 0.3 is 0 Å². The Kier molecular flexibility index (Phi) is 14.2. The van der Waals surface area contributed by atoms with Crippen molar-refractivity contribution in [2.45, 2.75) is 200 Å². The summed E-state index contributed by atoms with van der Waals surface area (Å²) in [5.74, 6) is 0.831. The first-order valence-corrected chi connectivity index (χ1v) is 34.5. The van der Waals surface area contributed by atoms with E-state index in [0.717, 1.165) is 25.7 Å². The number of thiophene rings is 1. The minimum Gasteiger partial charge on any atom is -0.135 e. The van der Waals surface area contributed by atoms with Crippen LogP contribution in [0.2, 0.25) is 0 Å². The Hall–Kier alpha value is -6.74. The van der Waals surface area contributed by atoms with Gasteiger partial charge in [-0.2, -0.15) is 0 Å². The molecule has 88 heavy (non-hydrogen) atoms. The summed E-state index contributed by atoms with van der Waals surface area (Å²) in [5, 5.41) is 2.80. The number of aryl methyl sites for hydroxylation is 4. The third kappa shape index (κ3) is 9.32. The molecule has 0 amide bonds. The van der Waals surface area contributed by atoms with Crippen LogP contribution in [0.4, 0.5) is 0 Å². The average Bonchev–Trinajstić information content (AvgIpc) is 1.09. The number of hydrogen-bond acceptors (Lipinski definition) is 1. The number of fused-ring (bicyclic) bond motifs is 10. The molecule has 2 heterocycles. The van der Waals surface area contributed by atoms with E-state index in [1.807, 2.05) is 11.3 Å². The van der Waals surface area contributed by atoms with Crippen LogP contribution in [0.3, 0.4) is 0 Å². The molecule has 446 valence electrons. The summed E-state index contributed by atoms with van der Waals surface area (Å²) >= 11 is 1.95. The summed E-state index contributed by atoms with van der Waals surface area (Å²) < 4.78 is 2.75. The number of rotatable bonds is 10. The summed E-state index contributed by atoms with van der Waals surface area (Å²) in [6.07, 6.45) is 9.44. The predicted molar refractivity (Wildman–Crippen MR) is 382 cm³/mol. The fourth-order valence-corrected chi connectivity index (χ4v) is 19.5. The van der Waals surface area contributed by atoms with E-state index in [2.05, 4.69) is 280 Å². The van der Waals surface area contributed by atoms with Crippen LogP contribution in [0.15, 0.2) is 176 Å². The summed E-state index contributed by atoms with van der Waals surface area (Å²) in [7, 11) is 0. The van der Waals surface area contributed by atoms with Gasteiger partial charge in [-0.15, -0.1) is 11.3 Å². The second kappa shape index (κ2) is 21.2. The molecule has 5 unspecified atom stereocenters. The van der Waals surface area contributed by atoms with Crippen molar-refractivity contribution in [3.8, 4) is 11.1 Å². The van der Waals surface area contributed by atoms with Gasteiger partial charge in [-0.3, -0.25) is 0 Å². The topological polar surface area (TPSA) is 0 Å². The smallest absolute Gasteiger partial charge is 0.135 e. The molecule has 9 aromatic carbocycles. The van der Waals surface area contributed by atoms with E-state index in [-0.39, 0.29) is 51.0 Å². The average molecular weight is 1170 g/mol. The Morgan fingerprint density at radius 3 is 1.92 bits per heavy atom. The molecule has 0 nitrogen and oxygen atoms in total. The monoisotopic (exact) mass is 1170 g/mol. The van der Waals surface area contributed by atoms with Gasteiger partial charge in [0, 0.05) is 42.8 Å². The third-order valence-corrected chi connectivity index (χ3v) is 24.7. The number of hydrogen-bond donors (Lipinski definition) is 0. The summed E-state index contributed by atoms with van der Waals surface area (Å²) in [6.45, 7) is 37.0. The molecular formula is C86H93BS. The molecule has 5 atom stereocenters. The zero-order valence-corrected chi connectivity index (χ0v) is 56.4. The lowest BCUT2D eigenvalue weighted by Gasteiger charge is -2.49. The van der Waals surface area contributed by atoms with Crippen molar-refractivity contribution >= 4 is 54.6 Å². The molecule has 10 aromatic rings. The van der Waals surface area contributed by atoms with Gasteiger partial charge in [0.1, 0.15) is 0 Å². The Labute approximate surface area is 532 Å². The van der Waals surface area contributed by atoms with E-state index in [9.17, 15) is 0 Å². The molecular weight excluding hydrogens is 1080 g/mol. The van der Waals surface area contributed by atoms with Crippen LogP contribution in [0.5, 0.6) is 0 Å². The fourth-order valence-electron chi connectivity index (χ4n) is 18.4. The van der Waals surface area contributed by atoms with Crippen LogP contribution in [-0.4, -0.2) is 6.71 Å². The van der Waals surface area contributed by atoms with Crippen LogP contribution in [0.25, 0.3) is 31.3 Å². The normalized spacial score (nSPS) is 21.1. The maximum absolute atomic E-state index is 2.77. The molecule has 0 bridgehead atoms. The minimum atomic E-state index is -0.202. The first kappa shape index (κ1) is 58.9. The first-order valence-electron chi connectivity index (χ1n) is 33.6. The molecule has 1 fully saturated rings. The van der Waals surface area contributed by atoms with Crippen LogP contribution >= 0.6 is 11.3 Å². The molecule has 0 spiro atoms. The maximum atomic E-state index is 2.77. The van der Waals surface area contributed by atoms with Gasteiger partial charge < -0.3 is 0 Å². The van der Waals surface area contributed by atoms with E-state index >= 15 is 0 Å². The van der Waals surface area contributed by atoms with Crippen LogP contribution in [-0.2, 0) is 39.9 Å². The largest absolute Gasteiger partial charge is 0.242 e. The lowest BCUT2D eigenvalue weighted by atomic mass is 9.30. The lowest BCUT2D eigenvalue weighted by molar-refractivity contribution is 0.0763. The van der Waals surface area contributed by atoms with Crippen molar-refractivity contribution in [3.63, 3.8) is 0 Å². The van der Waals surface area contributed by atoms with Crippen molar-refractivity contribution in [1.29, 1.82) is 0 Å². The van der Waals surface area contributed by atoms with Gasteiger partial charge in [-0.05, 0) is 181 Å². The Morgan fingerprint density at radius 1 is 0.523 bits per heavy atom. The van der Waals surface area contributed by atoms with Gasteiger partial charge in [-0.25, -0.2) is 0 Å². The molecule has 4 aliphatic rings. The molecule has 1 aromatic heterocycles. The Balaban J connectivity index is 0.972.